The lowest BCUT2D eigenvalue weighted by molar-refractivity contribution is -0.128. The van der Waals surface area contributed by atoms with Crippen molar-refractivity contribution in [1.82, 2.24) is 15.6 Å². The second kappa shape index (κ2) is 9.68. The van der Waals surface area contributed by atoms with E-state index in [2.05, 4.69) is 20.9 Å². The molecule has 1 aliphatic heterocycles. The number of aromatic nitrogens is 1. The lowest BCUT2D eigenvalue weighted by Gasteiger charge is -2.32. The third-order valence-electron chi connectivity index (χ3n) is 6.27. The molecule has 176 valence electrons. The molecule has 0 radical (unpaired) electrons. The van der Waals surface area contributed by atoms with Crippen LogP contribution in [0.4, 0.5) is 5.69 Å². The summed E-state index contributed by atoms with van der Waals surface area (Å²) < 4.78 is 5.85. The number of hydrogen-bond donors (Lipinski definition) is 3. The molecule has 9 heteroatoms. The summed E-state index contributed by atoms with van der Waals surface area (Å²) in [5.41, 5.74) is 1.90. The van der Waals surface area contributed by atoms with Crippen molar-refractivity contribution < 1.29 is 14.3 Å². The van der Waals surface area contributed by atoms with E-state index in [-0.39, 0.29) is 23.9 Å². The van der Waals surface area contributed by atoms with E-state index in [0.29, 0.717) is 28.0 Å². The minimum atomic E-state index is -0.597. The number of fused-ring (bicyclic) bond motifs is 2. The molecule has 0 bridgehead atoms. The SMILES string of the molecule is O=C(NC1CCC(NC(=O)C2CNc3cc(Cl)ccc3O2)CC1)c1ccc2cc(Cl)ccc2n1. The van der Waals surface area contributed by atoms with Gasteiger partial charge in [-0.25, -0.2) is 4.98 Å². The molecule has 1 fully saturated rings. The van der Waals surface area contributed by atoms with Crippen LogP contribution in [0.15, 0.2) is 48.5 Å². The quantitative estimate of drug-likeness (QED) is 0.489. The number of benzene rings is 2. The molecule has 0 saturated heterocycles. The first kappa shape index (κ1) is 22.7. The van der Waals surface area contributed by atoms with Gasteiger partial charge in [0, 0.05) is 27.5 Å². The fourth-order valence-electron chi connectivity index (χ4n) is 4.45. The van der Waals surface area contributed by atoms with Crippen molar-refractivity contribution in [2.45, 2.75) is 43.9 Å². The number of carbonyl (C=O) groups is 2. The van der Waals surface area contributed by atoms with Crippen molar-refractivity contribution in [1.29, 1.82) is 0 Å². The molecule has 2 amide bonds. The van der Waals surface area contributed by atoms with Crippen LogP contribution in [0.1, 0.15) is 36.2 Å². The van der Waals surface area contributed by atoms with Gasteiger partial charge in [0.15, 0.2) is 6.10 Å². The predicted octanol–water partition coefficient (Wildman–Crippen LogP) is 4.57. The van der Waals surface area contributed by atoms with Gasteiger partial charge in [-0.05, 0) is 68.1 Å². The van der Waals surface area contributed by atoms with Crippen LogP contribution in [0.25, 0.3) is 10.9 Å². The molecule has 1 aliphatic carbocycles. The zero-order chi connectivity index (χ0) is 23.7. The summed E-state index contributed by atoms with van der Waals surface area (Å²) in [5.74, 6) is 0.290. The summed E-state index contributed by atoms with van der Waals surface area (Å²) in [5, 5.41) is 11.5. The molecule has 2 heterocycles. The van der Waals surface area contributed by atoms with Crippen LogP contribution in [0.5, 0.6) is 5.75 Å². The summed E-state index contributed by atoms with van der Waals surface area (Å²) in [6.07, 6.45) is 2.54. The highest BCUT2D eigenvalue weighted by Crippen LogP contribution is 2.31. The number of anilines is 1. The van der Waals surface area contributed by atoms with Crippen LogP contribution in [0, 0.1) is 0 Å². The highest BCUT2D eigenvalue weighted by Gasteiger charge is 2.30. The predicted molar refractivity (Wildman–Crippen MR) is 133 cm³/mol. The Balaban J connectivity index is 1.11. The van der Waals surface area contributed by atoms with Gasteiger partial charge in [0.05, 0.1) is 17.7 Å². The molecule has 1 saturated carbocycles. The molecule has 1 atom stereocenters. The normalized spacial score (nSPS) is 21.6. The zero-order valence-corrected chi connectivity index (χ0v) is 19.8. The average molecular weight is 499 g/mol. The van der Waals surface area contributed by atoms with E-state index in [1.807, 2.05) is 18.2 Å². The molecule has 5 rings (SSSR count). The van der Waals surface area contributed by atoms with Gasteiger partial charge in [-0.3, -0.25) is 9.59 Å². The Bertz CT molecular complexity index is 1240. The first-order chi connectivity index (χ1) is 16.4. The fraction of sp³-hybridized carbons (Fsp3) is 0.320. The zero-order valence-electron chi connectivity index (χ0n) is 18.3. The molecule has 0 spiro atoms. The van der Waals surface area contributed by atoms with Gasteiger partial charge in [0.25, 0.3) is 11.8 Å². The van der Waals surface area contributed by atoms with Crippen molar-refractivity contribution in [3.05, 3.63) is 64.3 Å². The second-order valence-electron chi connectivity index (χ2n) is 8.69. The Morgan fingerprint density at radius 2 is 1.62 bits per heavy atom. The maximum Gasteiger partial charge on any atom is 0.270 e. The molecule has 34 heavy (non-hydrogen) atoms. The molecule has 7 nitrogen and oxygen atoms in total. The molecular formula is C25H24Cl2N4O3. The molecule has 1 aromatic heterocycles. The number of rotatable bonds is 4. The number of nitrogens with zero attached hydrogens (tertiary/aromatic N) is 1. The Kier molecular flexibility index (Phi) is 6.48. The minimum Gasteiger partial charge on any atom is -0.477 e. The first-order valence-corrected chi connectivity index (χ1v) is 12.1. The van der Waals surface area contributed by atoms with Crippen molar-refractivity contribution in [3.8, 4) is 5.75 Å². The molecule has 3 N–H and O–H groups in total. The average Bonchev–Trinajstić information content (AvgIpc) is 2.84. The Morgan fingerprint density at radius 1 is 0.912 bits per heavy atom. The first-order valence-electron chi connectivity index (χ1n) is 11.3. The van der Waals surface area contributed by atoms with Crippen LogP contribution in [0.3, 0.4) is 0 Å². The highest BCUT2D eigenvalue weighted by molar-refractivity contribution is 6.31. The van der Waals surface area contributed by atoms with E-state index in [1.54, 1.807) is 30.3 Å². The van der Waals surface area contributed by atoms with Crippen LogP contribution in [-0.4, -0.2) is 41.5 Å². The third kappa shape index (κ3) is 5.05. The topological polar surface area (TPSA) is 92.4 Å². The largest absolute Gasteiger partial charge is 0.477 e. The van der Waals surface area contributed by atoms with Gasteiger partial charge in [-0.2, -0.15) is 0 Å². The summed E-state index contributed by atoms with van der Waals surface area (Å²) >= 11 is 12.0. The Hall–Kier alpha value is -3.03. The lowest BCUT2D eigenvalue weighted by atomic mass is 9.91. The van der Waals surface area contributed by atoms with Gasteiger partial charge < -0.3 is 20.7 Å². The molecule has 2 aromatic carbocycles. The molecular weight excluding hydrogens is 475 g/mol. The Morgan fingerprint density at radius 3 is 2.41 bits per heavy atom. The van der Waals surface area contributed by atoms with Gasteiger partial charge in [0.2, 0.25) is 0 Å². The molecule has 1 unspecified atom stereocenters. The lowest BCUT2D eigenvalue weighted by Crippen LogP contribution is -2.50. The van der Waals surface area contributed by atoms with Crippen LogP contribution < -0.4 is 20.7 Å². The summed E-state index contributed by atoms with van der Waals surface area (Å²) in [7, 11) is 0. The van der Waals surface area contributed by atoms with Crippen molar-refractivity contribution in [3.63, 3.8) is 0 Å². The van der Waals surface area contributed by atoms with Crippen molar-refractivity contribution >= 4 is 51.6 Å². The van der Waals surface area contributed by atoms with E-state index in [9.17, 15) is 9.59 Å². The number of amides is 2. The number of ether oxygens (including phenoxy) is 1. The smallest absolute Gasteiger partial charge is 0.270 e. The van der Waals surface area contributed by atoms with Crippen molar-refractivity contribution in [2.24, 2.45) is 0 Å². The van der Waals surface area contributed by atoms with Crippen molar-refractivity contribution in [2.75, 3.05) is 11.9 Å². The number of nitrogens with one attached hydrogen (secondary N) is 3. The minimum absolute atomic E-state index is 0.0487. The number of pyridine rings is 1. The fourth-order valence-corrected chi connectivity index (χ4v) is 4.80. The summed E-state index contributed by atoms with van der Waals surface area (Å²) in [6, 6.07) is 14.3. The summed E-state index contributed by atoms with van der Waals surface area (Å²) in [6.45, 7) is 0.384. The number of hydrogen-bond acceptors (Lipinski definition) is 5. The Labute approximate surface area is 207 Å². The van der Waals surface area contributed by atoms with E-state index < -0.39 is 6.10 Å². The van der Waals surface area contributed by atoms with Gasteiger partial charge >= 0.3 is 0 Å². The molecule has 2 aliphatic rings. The monoisotopic (exact) mass is 498 g/mol. The maximum absolute atomic E-state index is 12.7. The van der Waals surface area contributed by atoms with Crippen LogP contribution in [-0.2, 0) is 4.79 Å². The van der Waals surface area contributed by atoms with Crippen LogP contribution in [0.2, 0.25) is 10.0 Å². The third-order valence-corrected chi connectivity index (χ3v) is 6.74. The standard InChI is InChI=1S/C25H24Cl2N4O3/c26-15-2-9-19-14(11-15)1-8-20(31-19)24(32)29-17-4-6-18(7-5-17)30-25(33)23-13-28-21-12-16(27)3-10-22(21)34-23/h1-3,8-12,17-18,23,28H,4-7,13H2,(H,29,32)(H,30,33). The van der Waals surface area contributed by atoms with Gasteiger partial charge in [-0.15, -0.1) is 0 Å². The number of carbonyl (C=O) groups excluding carboxylic acids is 2. The van der Waals surface area contributed by atoms with E-state index >= 15 is 0 Å². The van der Waals surface area contributed by atoms with Gasteiger partial charge in [0.1, 0.15) is 11.4 Å². The molecule has 3 aromatic rings. The highest BCUT2D eigenvalue weighted by atomic mass is 35.5. The van der Waals surface area contributed by atoms with Crippen LogP contribution >= 0.6 is 23.2 Å². The summed E-state index contributed by atoms with van der Waals surface area (Å²) in [4.78, 5) is 29.9. The van der Waals surface area contributed by atoms with E-state index in [4.69, 9.17) is 27.9 Å². The van der Waals surface area contributed by atoms with E-state index in [1.165, 1.54) is 0 Å². The maximum atomic E-state index is 12.7. The second-order valence-corrected chi connectivity index (χ2v) is 9.56. The van der Waals surface area contributed by atoms with Gasteiger partial charge in [-0.1, -0.05) is 29.3 Å². The van der Waals surface area contributed by atoms with E-state index in [0.717, 1.165) is 42.3 Å². The number of halogens is 2.